The Hall–Kier alpha value is -3.65. The molecule has 12 heteroatoms. The monoisotopic (exact) mass is 686 g/mol. The normalized spacial score (nSPS) is 13.3. The number of methoxy groups -OCH3 is 2. The molecule has 4 aromatic rings. The number of anilines is 4. The summed E-state index contributed by atoms with van der Waals surface area (Å²) in [5.41, 5.74) is 4.47. The Morgan fingerprint density at radius 2 is 1.76 bits per heavy atom. The van der Waals surface area contributed by atoms with Crippen LogP contribution in [0.4, 0.5) is 22.9 Å². The number of amides is 2. The van der Waals surface area contributed by atoms with Crippen molar-refractivity contribution in [2.75, 3.05) is 55.9 Å². The number of fused-ring (bicyclic) bond motifs is 1. The third-order valence-electron chi connectivity index (χ3n) is 7.15. The Kier molecular flexibility index (Phi) is 8.78. The van der Waals surface area contributed by atoms with Gasteiger partial charge >= 0.3 is 0 Å². The van der Waals surface area contributed by atoms with E-state index in [1.54, 1.807) is 25.7 Å². The molecular formula is C29H31IN6O4S. The fraction of sp³-hybridized carbons (Fsp3) is 0.310. The zero-order chi connectivity index (χ0) is 29.1. The molecule has 2 amide bonds. The summed E-state index contributed by atoms with van der Waals surface area (Å²) in [5, 5.41) is 8.21. The van der Waals surface area contributed by atoms with Crippen molar-refractivity contribution < 1.29 is 19.1 Å². The van der Waals surface area contributed by atoms with Gasteiger partial charge in [-0.2, -0.15) is 0 Å². The molecule has 0 spiro atoms. The minimum atomic E-state index is -0.276. The third-order valence-corrected chi connectivity index (χ3v) is 9.20. The van der Waals surface area contributed by atoms with Crippen LogP contribution in [0.3, 0.4) is 0 Å². The van der Waals surface area contributed by atoms with E-state index in [-0.39, 0.29) is 11.8 Å². The lowest BCUT2D eigenvalue weighted by molar-refractivity contribution is -0.131. The number of thiophene rings is 1. The molecule has 0 aliphatic carbocycles. The van der Waals surface area contributed by atoms with Gasteiger partial charge in [0.1, 0.15) is 17.8 Å². The molecule has 0 unspecified atom stereocenters. The summed E-state index contributed by atoms with van der Waals surface area (Å²) in [7, 11) is 3.17. The van der Waals surface area contributed by atoms with Crippen molar-refractivity contribution in [1.82, 2.24) is 14.9 Å². The maximum Gasteiger partial charge on any atom is 0.258 e. The van der Waals surface area contributed by atoms with E-state index in [0.717, 1.165) is 51.4 Å². The van der Waals surface area contributed by atoms with Gasteiger partial charge in [0.25, 0.3) is 5.91 Å². The predicted octanol–water partition coefficient (Wildman–Crippen LogP) is 5.68. The van der Waals surface area contributed by atoms with E-state index in [0.29, 0.717) is 40.5 Å². The molecule has 1 aliphatic rings. The Morgan fingerprint density at radius 1 is 1.05 bits per heavy atom. The van der Waals surface area contributed by atoms with Gasteiger partial charge in [0.15, 0.2) is 5.82 Å². The Balaban J connectivity index is 1.32. The lowest BCUT2D eigenvalue weighted by atomic mass is 10.1. The van der Waals surface area contributed by atoms with E-state index in [9.17, 15) is 9.59 Å². The van der Waals surface area contributed by atoms with Crippen LogP contribution in [0.5, 0.6) is 11.5 Å². The summed E-state index contributed by atoms with van der Waals surface area (Å²) in [4.78, 5) is 38.5. The maximum atomic E-state index is 13.4. The van der Waals surface area contributed by atoms with E-state index in [4.69, 9.17) is 9.47 Å². The molecule has 0 radical (unpaired) electrons. The first-order chi connectivity index (χ1) is 19.8. The lowest BCUT2D eigenvalue weighted by Gasteiger charge is -2.36. The number of aromatic nitrogens is 2. The molecule has 2 N–H and O–H groups in total. The zero-order valence-electron chi connectivity index (χ0n) is 23.3. The average molecular weight is 687 g/mol. The SMILES string of the molecule is CCC(=O)N1CCN(c2ccc(Nc3ncnc4c(C(=O)Nc5c(C)c(OC)cc(OC)c5I)csc34)cc2)CC1. The van der Waals surface area contributed by atoms with Gasteiger partial charge in [0.05, 0.1) is 39.3 Å². The quantitative estimate of drug-likeness (QED) is 0.228. The molecule has 0 atom stereocenters. The number of halogens is 1. The minimum Gasteiger partial charge on any atom is -0.496 e. The fourth-order valence-electron chi connectivity index (χ4n) is 4.82. The van der Waals surface area contributed by atoms with E-state index in [2.05, 4.69) is 60.2 Å². The topological polar surface area (TPSA) is 109 Å². The number of nitrogens with zero attached hydrogens (tertiary/aromatic N) is 4. The summed E-state index contributed by atoms with van der Waals surface area (Å²) >= 11 is 3.57. The Bertz CT molecular complexity index is 1560. The molecular weight excluding hydrogens is 655 g/mol. The number of piperazine rings is 1. The van der Waals surface area contributed by atoms with Crippen LogP contribution >= 0.6 is 33.9 Å². The number of carbonyl (C=O) groups is 2. The van der Waals surface area contributed by atoms with Gasteiger partial charge in [-0.05, 0) is 53.8 Å². The number of hydrogen-bond donors (Lipinski definition) is 2. The van der Waals surface area contributed by atoms with Crippen molar-refractivity contribution in [2.45, 2.75) is 20.3 Å². The van der Waals surface area contributed by atoms with Crippen LogP contribution < -0.4 is 25.0 Å². The van der Waals surface area contributed by atoms with Gasteiger partial charge < -0.3 is 29.9 Å². The molecule has 10 nitrogen and oxygen atoms in total. The molecule has 41 heavy (non-hydrogen) atoms. The van der Waals surface area contributed by atoms with Crippen LogP contribution in [0.1, 0.15) is 29.3 Å². The van der Waals surface area contributed by atoms with E-state index in [1.165, 1.54) is 17.7 Å². The van der Waals surface area contributed by atoms with Crippen LogP contribution in [0, 0.1) is 10.5 Å². The van der Waals surface area contributed by atoms with Gasteiger partial charge in [-0.15, -0.1) is 11.3 Å². The van der Waals surface area contributed by atoms with E-state index >= 15 is 0 Å². The van der Waals surface area contributed by atoms with Crippen molar-refractivity contribution in [2.24, 2.45) is 0 Å². The molecule has 0 saturated carbocycles. The van der Waals surface area contributed by atoms with Gasteiger partial charge in [-0.25, -0.2) is 9.97 Å². The van der Waals surface area contributed by atoms with Gasteiger partial charge in [-0.3, -0.25) is 9.59 Å². The summed E-state index contributed by atoms with van der Waals surface area (Å²) in [5.74, 6) is 1.81. The number of carbonyl (C=O) groups excluding carboxylic acids is 2. The van der Waals surface area contributed by atoms with E-state index in [1.807, 2.05) is 30.9 Å². The zero-order valence-corrected chi connectivity index (χ0v) is 26.3. The highest BCUT2D eigenvalue weighted by molar-refractivity contribution is 14.1. The van der Waals surface area contributed by atoms with Crippen molar-refractivity contribution in [1.29, 1.82) is 0 Å². The summed E-state index contributed by atoms with van der Waals surface area (Å²) in [6, 6.07) is 9.96. The summed E-state index contributed by atoms with van der Waals surface area (Å²) in [6.45, 7) is 6.90. The molecule has 1 aliphatic heterocycles. The highest BCUT2D eigenvalue weighted by atomic mass is 127. The molecule has 1 fully saturated rings. The maximum absolute atomic E-state index is 13.4. The smallest absolute Gasteiger partial charge is 0.258 e. The fourth-order valence-corrected chi connectivity index (χ4v) is 6.68. The van der Waals surface area contributed by atoms with Crippen molar-refractivity contribution in [3.05, 3.63) is 56.7 Å². The second kappa shape index (κ2) is 12.5. The highest BCUT2D eigenvalue weighted by Crippen LogP contribution is 2.39. The molecule has 0 bridgehead atoms. The lowest BCUT2D eigenvalue weighted by Crippen LogP contribution is -2.48. The molecule has 5 rings (SSSR count). The standard InChI is InChI=1S/C29H31IN6O4S/c1-5-23(37)36-12-10-35(11-13-36)19-8-6-18(7-9-19)33-28-27-26(31-16-32-28)20(15-41-27)29(38)34-25-17(2)21(39-3)14-22(40-4)24(25)30/h6-9,14-16H,5,10-13H2,1-4H3,(H,34,38)(H,31,32,33). The van der Waals surface area contributed by atoms with Crippen LogP contribution in [-0.2, 0) is 4.79 Å². The molecule has 2 aromatic heterocycles. The van der Waals surface area contributed by atoms with Crippen molar-refractivity contribution in [3.8, 4) is 11.5 Å². The van der Waals surface area contributed by atoms with Gasteiger partial charge in [0, 0.05) is 61.0 Å². The second-order valence-corrected chi connectivity index (χ2v) is 11.5. The van der Waals surface area contributed by atoms with Crippen LogP contribution in [-0.4, -0.2) is 67.1 Å². The predicted molar refractivity (Wildman–Crippen MR) is 171 cm³/mol. The second-order valence-electron chi connectivity index (χ2n) is 9.49. The number of nitrogens with one attached hydrogen (secondary N) is 2. The number of rotatable bonds is 8. The Morgan fingerprint density at radius 3 is 2.41 bits per heavy atom. The van der Waals surface area contributed by atoms with Crippen LogP contribution in [0.2, 0.25) is 0 Å². The van der Waals surface area contributed by atoms with E-state index < -0.39 is 0 Å². The highest BCUT2D eigenvalue weighted by Gasteiger charge is 2.22. The number of ether oxygens (including phenoxy) is 2. The molecule has 3 heterocycles. The first kappa shape index (κ1) is 28.9. The first-order valence-corrected chi connectivity index (χ1v) is 15.1. The van der Waals surface area contributed by atoms with Crippen molar-refractivity contribution in [3.63, 3.8) is 0 Å². The number of benzene rings is 2. The largest absolute Gasteiger partial charge is 0.496 e. The minimum absolute atomic E-state index is 0.208. The van der Waals surface area contributed by atoms with Crippen LogP contribution in [0.15, 0.2) is 42.0 Å². The van der Waals surface area contributed by atoms with Crippen LogP contribution in [0.25, 0.3) is 10.2 Å². The number of hydrogen-bond acceptors (Lipinski definition) is 9. The van der Waals surface area contributed by atoms with Gasteiger partial charge in [0.2, 0.25) is 5.91 Å². The van der Waals surface area contributed by atoms with Gasteiger partial charge in [-0.1, -0.05) is 6.92 Å². The summed E-state index contributed by atoms with van der Waals surface area (Å²) < 4.78 is 12.5. The molecule has 2 aromatic carbocycles. The summed E-state index contributed by atoms with van der Waals surface area (Å²) in [6.07, 6.45) is 2.01. The first-order valence-electron chi connectivity index (χ1n) is 13.2. The van der Waals surface area contributed by atoms with Crippen molar-refractivity contribution >= 4 is 78.8 Å². The Labute approximate surface area is 256 Å². The molecule has 1 saturated heterocycles. The molecule has 214 valence electrons. The average Bonchev–Trinajstić information content (AvgIpc) is 3.45. The third kappa shape index (κ3) is 5.89.